The number of pyridine rings is 2. The summed E-state index contributed by atoms with van der Waals surface area (Å²) in [5, 5.41) is 0. The number of aromatic nitrogens is 2. The summed E-state index contributed by atoms with van der Waals surface area (Å²) >= 11 is 0. The molecule has 0 radical (unpaired) electrons. The minimum atomic E-state index is -0.672. The number of primary amides is 1. The van der Waals surface area contributed by atoms with E-state index in [0.29, 0.717) is 17.8 Å². The van der Waals surface area contributed by atoms with Crippen molar-refractivity contribution in [2.24, 2.45) is 10.7 Å². The molecule has 6 heteroatoms. The molecule has 2 aromatic heterocycles. The molecule has 3 aromatic rings. The van der Waals surface area contributed by atoms with E-state index >= 15 is 0 Å². The number of carbonyl (C=O) groups excluding carboxylic acids is 1. The predicted molar refractivity (Wildman–Crippen MR) is 119 cm³/mol. The summed E-state index contributed by atoms with van der Waals surface area (Å²) in [5.74, 6) is -0.718. The smallest absolute Gasteiger partial charge is 0.218 e. The van der Waals surface area contributed by atoms with Gasteiger partial charge in [0.1, 0.15) is 5.82 Å². The number of carbonyl (C=O) groups is 1. The van der Waals surface area contributed by atoms with Crippen molar-refractivity contribution in [1.82, 2.24) is 9.97 Å². The van der Waals surface area contributed by atoms with Crippen LogP contribution in [0, 0.1) is 12.7 Å². The molecule has 0 spiro atoms. The lowest BCUT2D eigenvalue weighted by atomic mass is 9.74. The van der Waals surface area contributed by atoms with E-state index in [4.69, 9.17) is 10.7 Å². The van der Waals surface area contributed by atoms with Crippen LogP contribution >= 0.6 is 0 Å². The van der Waals surface area contributed by atoms with Crippen molar-refractivity contribution in [2.45, 2.75) is 25.7 Å². The Kier molecular flexibility index (Phi) is 5.46. The first-order valence-electron chi connectivity index (χ1n) is 10.0. The average Bonchev–Trinajstić information content (AvgIpc) is 2.73. The monoisotopic (exact) mass is 414 g/mol. The van der Waals surface area contributed by atoms with E-state index in [9.17, 15) is 9.18 Å². The van der Waals surface area contributed by atoms with Crippen LogP contribution in [0.2, 0.25) is 0 Å². The van der Waals surface area contributed by atoms with Gasteiger partial charge in [-0.15, -0.1) is 0 Å². The topological polar surface area (TPSA) is 81.2 Å². The molecule has 1 unspecified atom stereocenters. The number of halogens is 1. The molecule has 5 nitrogen and oxygen atoms in total. The normalized spacial score (nSPS) is 18.3. The van der Waals surface area contributed by atoms with Gasteiger partial charge in [0.05, 0.1) is 18.0 Å². The van der Waals surface area contributed by atoms with Gasteiger partial charge in [-0.3, -0.25) is 19.8 Å². The fourth-order valence-electron chi connectivity index (χ4n) is 4.09. The van der Waals surface area contributed by atoms with Crippen LogP contribution in [0.25, 0.3) is 11.3 Å². The molecule has 0 saturated carbocycles. The number of aryl methyl sites for hydroxylation is 1. The Morgan fingerprint density at radius 2 is 1.94 bits per heavy atom. The molecule has 1 aliphatic heterocycles. The van der Waals surface area contributed by atoms with Gasteiger partial charge >= 0.3 is 0 Å². The second-order valence-electron chi connectivity index (χ2n) is 7.92. The van der Waals surface area contributed by atoms with E-state index in [1.165, 1.54) is 12.1 Å². The molecule has 3 heterocycles. The maximum absolute atomic E-state index is 13.6. The second kappa shape index (κ2) is 8.22. The molecular formula is C25H23FN4O. The largest absolute Gasteiger partial charge is 0.370 e. The molecule has 1 aliphatic rings. The SMILES string of the molecule is CC1=CC(CC(N)=O)(c2ccc(-c3cccc(F)c3)nc2)CN=C1c1ccnc(C)c1. The van der Waals surface area contributed by atoms with Crippen molar-refractivity contribution >= 4 is 11.6 Å². The van der Waals surface area contributed by atoms with Crippen molar-refractivity contribution in [1.29, 1.82) is 0 Å². The highest BCUT2D eigenvalue weighted by Gasteiger charge is 2.35. The molecule has 0 bridgehead atoms. The van der Waals surface area contributed by atoms with Crippen LogP contribution in [0.1, 0.15) is 30.2 Å². The summed E-state index contributed by atoms with van der Waals surface area (Å²) in [5.41, 5.74) is 10.9. The number of dihydropyridines is 1. The number of amides is 1. The van der Waals surface area contributed by atoms with Crippen LogP contribution in [-0.2, 0) is 10.2 Å². The molecule has 4 rings (SSSR count). The Labute approximate surface area is 180 Å². The quantitative estimate of drug-likeness (QED) is 0.681. The average molecular weight is 414 g/mol. The van der Waals surface area contributed by atoms with Crippen molar-refractivity contribution in [3.63, 3.8) is 0 Å². The maximum Gasteiger partial charge on any atom is 0.218 e. The van der Waals surface area contributed by atoms with Gasteiger partial charge < -0.3 is 5.73 Å². The zero-order chi connectivity index (χ0) is 22.0. The number of hydrogen-bond acceptors (Lipinski definition) is 4. The van der Waals surface area contributed by atoms with Crippen LogP contribution in [0.5, 0.6) is 0 Å². The first-order valence-corrected chi connectivity index (χ1v) is 10.0. The molecule has 0 saturated heterocycles. The molecule has 1 amide bonds. The first-order chi connectivity index (χ1) is 14.9. The van der Waals surface area contributed by atoms with E-state index in [-0.39, 0.29) is 12.2 Å². The number of rotatable bonds is 5. The first kappa shape index (κ1) is 20.6. The highest BCUT2D eigenvalue weighted by Crippen LogP contribution is 2.35. The zero-order valence-electron chi connectivity index (χ0n) is 17.5. The minimum Gasteiger partial charge on any atom is -0.370 e. The number of nitrogens with zero attached hydrogens (tertiary/aromatic N) is 3. The summed E-state index contributed by atoms with van der Waals surface area (Å²) in [4.78, 5) is 25.6. The third-order valence-electron chi connectivity index (χ3n) is 5.50. The highest BCUT2D eigenvalue weighted by atomic mass is 19.1. The Morgan fingerprint density at radius 3 is 2.58 bits per heavy atom. The lowest BCUT2D eigenvalue weighted by Gasteiger charge is -2.33. The molecule has 156 valence electrons. The van der Waals surface area contributed by atoms with Crippen LogP contribution < -0.4 is 5.73 Å². The Hall–Kier alpha value is -3.67. The summed E-state index contributed by atoms with van der Waals surface area (Å²) in [6, 6.07) is 14.0. The number of hydrogen-bond donors (Lipinski definition) is 1. The van der Waals surface area contributed by atoms with Crippen molar-refractivity contribution in [3.05, 3.63) is 95.2 Å². The molecule has 1 atom stereocenters. The van der Waals surface area contributed by atoms with Gasteiger partial charge in [-0.05, 0) is 55.3 Å². The minimum absolute atomic E-state index is 0.123. The van der Waals surface area contributed by atoms with Gasteiger partial charge in [0.2, 0.25) is 5.91 Å². The van der Waals surface area contributed by atoms with E-state index in [2.05, 4.69) is 16.0 Å². The van der Waals surface area contributed by atoms with Crippen LogP contribution in [-0.4, -0.2) is 28.1 Å². The Bertz CT molecular complexity index is 1200. The van der Waals surface area contributed by atoms with Crippen LogP contribution in [0.4, 0.5) is 4.39 Å². The molecule has 31 heavy (non-hydrogen) atoms. The number of benzene rings is 1. The maximum atomic E-state index is 13.6. The number of nitrogens with two attached hydrogens (primary N) is 1. The summed E-state index contributed by atoms with van der Waals surface area (Å²) < 4.78 is 13.6. The fraction of sp³-hybridized carbons (Fsp3) is 0.200. The zero-order valence-corrected chi connectivity index (χ0v) is 17.5. The molecular weight excluding hydrogens is 391 g/mol. The Balaban J connectivity index is 1.70. The van der Waals surface area contributed by atoms with Gasteiger partial charge in [-0.1, -0.05) is 24.3 Å². The standard InChI is InChI=1S/C25H23FN4O/c1-16-12-25(13-23(27)31,15-30-24(16)19-8-9-28-17(2)10-19)20-6-7-22(29-14-20)18-4-3-5-21(26)11-18/h3-12,14H,13,15H2,1-2H3,(H2,27,31). The third-order valence-corrected chi connectivity index (χ3v) is 5.50. The highest BCUT2D eigenvalue weighted by molar-refractivity contribution is 6.13. The number of allylic oxidation sites excluding steroid dienone is 1. The van der Waals surface area contributed by atoms with Gasteiger partial charge in [0.15, 0.2) is 0 Å². The van der Waals surface area contributed by atoms with Crippen molar-refractivity contribution in [2.75, 3.05) is 6.54 Å². The number of aliphatic imine (C=N–C) groups is 1. The molecule has 0 fully saturated rings. The third kappa shape index (κ3) is 4.28. The predicted octanol–water partition coefficient (Wildman–Crippen LogP) is 4.15. The van der Waals surface area contributed by atoms with E-state index < -0.39 is 11.3 Å². The fourth-order valence-corrected chi connectivity index (χ4v) is 4.09. The molecule has 1 aromatic carbocycles. The van der Waals surface area contributed by atoms with Gasteiger partial charge in [-0.2, -0.15) is 0 Å². The summed E-state index contributed by atoms with van der Waals surface area (Å²) in [6.45, 7) is 4.30. The van der Waals surface area contributed by atoms with Gasteiger partial charge in [-0.25, -0.2) is 4.39 Å². The lowest BCUT2D eigenvalue weighted by Crippen LogP contribution is -2.36. The van der Waals surface area contributed by atoms with E-state index in [1.54, 1.807) is 18.5 Å². The van der Waals surface area contributed by atoms with Crippen molar-refractivity contribution < 1.29 is 9.18 Å². The van der Waals surface area contributed by atoms with Crippen LogP contribution in [0.15, 0.2) is 77.6 Å². The Morgan fingerprint density at radius 1 is 1.10 bits per heavy atom. The molecule has 0 aliphatic carbocycles. The molecule has 2 N–H and O–H groups in total. The van der Waals surface area contributed by atoms with Gasteiger partial charge in [0, 0.05) is 41.1 Å². The van der Waals surface area contributed by atoms with Crippen LogP contribution in [0.3, 0.4) is 0 Å². The lowest BCUT2D eigenvalue weighted by molar-refractivity contribution is -0.118. The van der Waals surface area contributed by atoms with Crippen molar-refractivity contribution in [3.8, 4) is 11.3 Å². The summed E-state index contributed by atoms with van der Waals surface area (Å²) in [6.07, 6.45) is 5.68. The second-order valence-corrected chi connectivity index (χ2v) is 7.92. The summed E-state index contributed by atoms with van der Waals surface area (Å²) in [7, 11) is 0. The van der Waals surface area contributed by atoms with E-state index in [1.807, 2.05) is 44.2 Å². The van der Waals surface area contributed by atoms with E-state index in [0.717, 1.165) is 28.1 Å². The van der Waals surface area contributed by atoms with Gasteiger partial charge in [0.25, 0.3) is 0 Å².